The third-order valence-electron chi connectivity index (χ3n) is 8.99. The number of aliphatic hydroxyl groups excluding tert-OH is 1. The Labute approximate surface area is 219 Å². The topological polar surface area (TPSA) is 113 Å². The number of allylic oxidation sites excluding steroid dienone is 1. The molecule has 0 unspecified atom stereocenters. The molecule has 2 aliphatic carbocycles. The lowest BCUT2D eigenvalue weighted by molar-refractivity contribution is -0.177. The van der Waals surface area contributed by atoms with E-state index in [4.69, 9.17) is 4.74 Å². The molecule has 3 N–H and O–H groups in total. The first-order valence-electron chi connectivity index (χ1n) is 13.2. The minimum atomic E-state index is -1.80. The number of nitrogens with one attached hydrogen (secondary N) is 1. The zero-order chi connectivity index (χ0) is 27.1. The molecule has 7 nitrogen and oxygen atoms in total. The molecule has 37 heavy (non-hydrogen) atoms. The van der Waals surface area contributed by atoms with E-state index in [0.29, 0.717) is 12.8 Å². The number of ether oxygens (including phenoxy) is 1. The van der Waals surface area contributed by atoms with Crippen LogP contribution in [0.4, 0.5) is 0 Å². The van der Waals surface area contributed by atoms with Gasteiger partial charge in [-0.1, -0.05) is 63.3 Å². The standard InChI is InChI=1S/C30H39NO6/c1-17-10-9-13-22-26(33)19(3)18(2)25-23(16-21-11-7-6-8-12-21)31-28(35)30(22,25)24(37-20(4)32)14-15-29(5,36)27(17)34/h6-9,11-15,17-19,22-26,33,36H,10,16H2,1-5H3,(H,31,35)/b13-9+,15-14+/t17-,18+,19-,22-,23-,24+,25-,26+,29+,30-/m0/s1. The van der Waals surface area contributed by atoms with Crippen LogP contribution in [0.15, 0.2) is 54.6 Å². The summed E-state index contributed by atoms with van der Waals surface area (Å²) in [5, 5.41) is 25.8. The number of hydrogen-bond acceptors (Lipinski definition) is 6. The van der Waals surface area contributed by atoms with Crippen molar-refractivity contribution in [1.82, 2.24) is 5.32 Å². The Morgan fingerprint density at radius 3 is 2.43 bits per heavy atom. The fourth-order valence-corrected chi connectivity index (χ4v) is 6.98. The number of esters is 1. The molecule has 1 spiro atoms. The van der Waals surface area contributed by atoms with Crippen molar-refractivity contribution in [2.24, 2.45) is 35.0 Å². The van der Waals surface area contributed by atoms with E-state index in [1.165, 1.54) is 26.0 Å². The van der Waals surface area contributed by atoms with Gasteiger partial charge in [0.05, 0.1) is 6.10 Å². The molecule has 7 heteroatoms. The van der Waals surface area contributed by atoms with Crippen molar-refractivity contribution in [1.29, 1.82) is 0 Å². The maximum absolute atomic E-state index is 14.2. The van der Waals surface area contributed by atoms with Crippen molar-refractivity contribution < 1.29 is 29.3 Å². The first kappa shape index (κ1) is 27.3. The van der Waals surface area contributed by atoms with Crippen LogP contribution in [-0.2, 0) is 25.5 Å². The monoisotopic (exact) mass is 509 g/mol. The van der Waals surface area contributed by atoms with E-state index in [9.17, 15) is 24.6 Å². The largest absolute Gasteiger partial charge is 0.457 e. The van der Waals surface area contributed by atoms with Crippen LogP contribution in [0.2, 0.25) is 0 Å². The molecule has 1 saturated heterocycles. The van der Waals surface area contributed by atoms with Gasteiger partial charge in [0, 0.05) is 30.7 Å². The van der Waals surface area contributed by atoms with Gasteiger partial charge in [-0.2, -0.15) is 0 Å². The second-order valence-corrected chi connectivity index (χ2v) is 11.4. The predicted molar refractivity (Wildman–Crippen MR) is 139 cm³/mol. The van der Waals surface area contributed by atoms with Crippen molar-refractivity contribution in [3.8, 4) is 0 Å². The number of amides is 1. The Balaban J connectivity index is 1.94. The second kappa shape index (κ2) is 10.2. The van der Waals surface area contributed by atoms with E-state index in [-0.39, 0.29) is 35.5 Å². The van der Waals surface area contributed by atoms with Crippen LogP contribution >= 0.6 is 0 Å². The molecule has 1 amide bonds. The molecule has 200 valence electrons. The molecule has 0 aromatic heterocycles. The van der Waals surface area contributed by atoms with E-state index in [1.54, 1.807) is 6.92 Å². The average molecular weight is 510 g/mol. The number of Topliss-reactive ketones (excluding diaryl/α,β-unsaturated/α-hetero) is 1. The summed E-state index contributed by atoms with van der Waals surface area (Å²) in [6, 6.07) is 9.65. The van der Waals surface area contributed by atoms with Gasteiger partial charge in [0.25, 0.3) is 0 Å². The van der Waals surface area contributed by atoms with Crippen molar-refractivity contribution in [3.63, 3.8) is 0 Å². The van der Waals surface area contributed by atoms with Gasteiger partial charge in [-0.3, -0.25) is 14.4 Å². The highest BCUT2D eigenvalue weighted by Gasteiger charge is 2.69. The molecule has 1 aromatic rings. The lowest BCUT2D eigenvalue weighted by Gasteiger charge is -2.54. The van der Waals surface area contributed by atoms with Crippen LogP contribution in [0.25, 0.3) is 0 Å². The van der Waals surface area contributed by atoms with Crippen molar-refractivity contribution >= 4 is 17.7 Å². The van der Waals surface area contributed by atoms with Gasteiger partial charge in [0.1, 0.15) is 17.1 Å². The summed E-state index contributed by atoms with van der Waals surface area (Å²) in [6.45, 7) is 8.47. The Morgan fingerprint density at radius 2 is 1.78 bits per heavy atom. The Kier molecular flexibility index (Phi) is 7.50. The van der Waals surface area contributed by atoms with Crippen LogP contribution in [0.5, 0.6) is 0 Å². The third kappa shape index (κ3) is 4.68. The molecule has 1 heterocycles. The SMILES string of the molecule is CC(=O)O[C@@H]1/C=C/[C@@](C)(O)C(=O)[C@@H](C)C/C=C/[C@H]2[C@H](O)[C@@H](C)[C@@H](C)[C@H]3[C@H](Cc4ccccc4)NC(=O)[C@]312. The smallest absolute Gasteiger partial charge is 0.303 e. The van der Waals surface area contributed by atoms with E-state index >= 15 is 0 Å². The number of carbonyl (C=O) groups is 3. The molecular weight excluding hydrogens is 470 g/mol. The minimum absolute atomic E-state index is 0.0926. The molecule has 4 rings (SSSR count). The van der Waals surface area contributed by atoms with E-state index in [2.05, 4.69) is 5.32 Å². The Morgan fingerprint density at radius 1 is 1.11 bits per heavy atom. The van der Waals surface area contributed by atoms with Gasteiger partial charge in [0.2, 0.25) is 5.91 Å². The quantitative estimate of drug-likeness (QED) is 0.427. The van der Waals surface area contributed by atoms with Gasteiger partial charge in [-0.15, -0.1) is 0 Å². The third-order valence-corrected chi connectivity index (χ3v) is 8.99. The van der Waals surface area contributed by atoms with Crippen molar-refractivity contribution in [2.45, 2.75) is 71.3 Å². The molecule has 10 atom stereocenters. The molecule has 1 aromatic carbocycles. The summed E-state index contributed by atoms with van der Waals surface area (Å²) in [6.07, 6.45) is 5.47. The summed E-state index contributed by atoms with van der Waals surface area (Å²) in [7, 11) is 0. The van der Waals surface area contributed by atoms with Gasteiger partial charge in [0.15, 0.2) is 5.78 Å². The van der Waals surface area contributed by atoms with Crippen molar-refractivity contribution in [2.75, 3.05) is 0 Å². The van der Waals surface area contributed by atoms with Gasteiger partial charge in [-0.05, 0) is 49.3 Å². The first-order chi connectivity index (χ1) is 17.4. The number of carbonyl (C=O) groups excluding carboxylic acids is 3. The number of rotatable bonds is 3. The fourth-order valence-electron chi connectivity index (χ4n) is 6.98. The number of benzene rings is 1. The van der Waals surface area contributed by atoms with Gasteiger partial charge >= 0.3 is 5.97 Å². The lowest BCUT2D eigenvalue weighted by atomic mass is 9.50. The maximum Gasteiger partial charge on any atom is 0.303 e. The molecule has 1 aliphatic heterocycles. The highest BCUT2D eigenvalue weighted by Crippen LogP contribution is 2.59. The molecule has 1 saturated carbocycles. The zero-order valence-corrected chi connectivity index (χ0v) is 22.3. The fraction of sp³-hybridized carbons (Fsp3) is 0.567. The normalized spacial score (nSPS) is 43.5. The number of hydrogen-bond donors (Lipinski definition) is 3. The first-order valence-corrected chi connectivity index (χ1v) is 13.2. The molecule has 3 aliphatic rings. The molecular formula is C30H39NO6. The van der Waals surface area contributed by atoms with E-state index in [1.807, 2.05) is 56.3 Å². The summed E-state index contributed by atoms with van der Waals surface area (Å²) in [5.74, 6) is -2.90. The summed E-state index contributed by atoms with van der Waals surface area (Å²) in [5.41, 5.74) is -2.06. The van der Waals surface area contributed by atoms with Crippen molar-refractivity contribution in [3.05, 3.63) is 60.2 Å². The van der Waals surface area contributed by atoms with Crippen LogP contribution in [0.3, 0.4) is 0 Å². The average Bonchev–Trinajstić information content (AvgIpc) is 3.13. The summed E-state index contributed by atoms with van der Waals surface area (Å²) >= 11 is 0. The minimum Gasteiger partial charge on any atom is -0.457 e. The molecule has 0 radical (unpaired) electrons. The van der Waals surface area contributed by atoms with Crippen LogP contribution in [0, 0.1) is 35.0 Å². The van der Waals surface area contributed by atoms with Crippen LogP contribution < -0.4 is 5.32 Å². The van der Waals surface area contributed by atoms with E-state index < -0.39 is 41.0 Å². The van der Waals surface area contributed by atoms with E-state index in [0.717, 1.165) is 5.56 Å². The van der Waals surface area contributed by atoms with Crippen LogP contribution in [0.1, 0.15) is 46.6 Å². The van der Waals surface area contributed by atoms with Gasteiger partial charge in [-0.25, -0.2) is 0 Å². The number of ketones is 1. The zero-order valence-electron chi connectivity index (χ0n) is 22.3. The highest BCUT2D eigenvalue weighted by atomic mass is 16.5. The second-order valence-electron chi connectivity index (χ2n) is 11.4. The Bertz CT molecular complexity index is 1090. The van der Waals surface area contributed by atoms with Crippen LogP contribution in [-0.4, -0.2) is 51.7 Å². The van der Waals surface area contributed by atoms with Gasteiger partial charge < -0.3 is 20.3 Å². The summed E-state index contributed by atoms with van der Waals surface area (Å²) < 4.78 is 5.84. The maximum atomic E-state index is 14.2. The molecule has 2 fully saturated rings. The number of aliphatic hydroxyl groups is 2. The molecule has 0 bridgehead atoms. The Hall–Kier alpha value is -2.77. The highest BCUT2D eigenvalue weighted by molar-refractivity contribution is 5.91. The lowest BCUT2D eigenvalue weighted by Crippen LogP contribution is -2.62. The predicted octanol–water partition coefficient (Wildman–Crippen LogP) is 3.00. The summed E-state index contributed by atoms with van der Waals surface area (Å²) in [4.78, 5) is 39.5.